The highest BCUT2D eigenvalue weighted by Crippen LogP contribution is 2.56. The van der Waals surface area contributed by atoms with Gasteiger partial charge in [0, 0.05) is 24.2 Å². The molecule has 1 unspecified atom stereocenters. The SMILES string of the molecule is C=C/C=C\C(Cl)=C/C.CCCN(CC)C(O)CC1([C@H]2CCCCN2S(C)(=O)=O)CC1. The van der Waals surface area contributed by atoms with E-state index in [2.05, 4.69) is 25.3 Å². The van der Waals surface area contributed by atoms with Gasteiger partial charge in [-0.05, 0) is 63.5 Å². The zero-order valence-corrected chi connectivity index (χ0v) is 20.8. The van der Waals surface area contributed by atoms with Crippen LogP contribution in [-0.2, 0) is 10.0 Å². The predicted octanol–water partition coefficient (Wildman–Crippen LogP) is 4.89. The Balaban J connectivity index is 0.000000479. The monoisotopic (exact) mass is 460 g/mol. The van der Waals surface area contributed by atoms with E-state index < -0.39 is 16.3 Å². The molecule has 2 aliphatic rings. The predicted molar refractivity (Wildman–Crippen MR) is 128 cm³/mol. The number of hydrogen-bond donors (Lipinski definition) is 1. The summed E-state index contributed by atoms with van der Waals surface area (Å²) < 4.78 is 25.9. The van der Waals surface area contributed by atoms with Gasteiger partial charge in [-0.15, -0.1) is 0 Å². The summed E-state index contributed by atoms with van der Waals surface area (Å²) >= 11 is 5.57. The molecule has 1 aliphatic carbocycles. The molecule has 30 heavy (non-hydrogen) atoms. The Bertz CT molecular complexity index is 687. The number of sulfonamides is 1. The van der Waals surface area contributed by atoms with Crippen molar-refractivity contribution >= 4 is 21.6 Å². The average Bonchev–Trinajstić information content (AvgIpc) is 3.50. The van der Waals surface area contributed by atoms with Crippen molar-refractivity contribution in [3.05, 3.63) is 35.9 Å². The second-order valence-corrected chi connectivity index (χ2v) is 10.7. The van der Waals surface area contributed by atoms with E-state index in [4.69, 9.17) is 11.6 Å². The molecule has 2 atom stereocenters. The number of aliphatic hydroxyl groups is 1. The minimum atomic E-state index is -3.15. The van der Waals surface area contributed by atoms with Gasteiger partial charge in [-0.1, -0.05) is 56.7 Å². The molecule has 1 saturated heterocycles. The van der Waals surface area contributed by atoms with Crippen molar-refractivity contribution in [3.63, 3.8) is 0 Å². The van der Waals surface area contributed by atoms with E-state index in [-0.39, 0.29) is 11.5 Å². The summed E-state index contributed by atoms with van der Waals surface area (Å²) in [6.07, 6.45) is 14.8. The molecule has 0 amide bonds. The number of allylic oxidation sites excluding steroid dienone is 5. The maximum Gasteiger partial charge on any atom is 0.211 e. The van der Waals surface area contributed by atoms with E-state index in [1.807, 2.05) is 13.0 Å². The van der Waals surface area contributed by atoms with Crippen LogP contribution in [0, 0.1) is 5.41 Å². The molecule has 7 heteroatoms. The minimum Gasteiger partial charge on any atom is -0.378 e. The Morgan fingerprint density at radius 3 is 2.50 bits per heavy atom. The maximum absolute atomic E-state index is 12.1. The third kappa shape index (κ3) is 8.46. The van der Waals surface area contributed by atoms with Crippen molar-refractivity contribution in [1.29, 1.82) is 0 Å². The van der Waals surface area contributed by atoms with Gasteiger partial charge in [0.25, 0.3) is 0 Å². The van der Waals surface area contributed by atoms with Gasteiger partial charge in [-0.3, -0.25) is 4.90 Å². The van der Waals surface area contributed by atoms with E-state index in [0.29, 0.717) is 13.0 Å². The second-order valence-electron chi connectivity index (χ2n) is 8.33. The molecule has 0 aromatic rings. The van der Waals surface area contributed by atoms with Crippen LogP contribution in [0.1, 0.15) is 65.7 Å². The van der Waals surface area contributed by atoms with Crippen LogP contribution in [-0.4, -0.2) is 60.9 Å². The lowest BCUT2D eigenvalue weighted by atomic mass is 9.86. The molecule has 0 bridgehead atoms. The van der Waals surface area contributed by atoms with Gasteiger partial charge in [0.15, 0.2) is 0 Å². The fourth-order valence-electron chi connectivity index (χ4n) is 4.30. The molecule has 174 valence electrons. The Hall–Kier alpha value is -0.660. The van der Waals surface area contributed by atoms with Crippen molar-refractivity contribution < 1.29 is 13.5 Å². The van der Waals surface area contributed by atoms with Gasteiger partial charge in [0.1, 0.15) is 6.23 Å². The number of piperidine rings is 1. The minimum absolute atomic E-state index is 0.00405. The summed E-state index contributed by atoms with van der Waals surface area (Å²) in [4.78, 5) is 2.10. The van der Waals surface area contributed by atoms with E-state index in [9.17, 15) is 13.5 Å². The van der Waals surface area contributed by atoms with Crippen molar-refractivity contribution in [1.82, 2.24) is 9.21 Å². The first-order chi connectivity index (χ1) is 14.1. The number of hydrogen-bond acceptors (Lipinski definition) is 4. The third-order valence-corrected chi connectivity index (χ3v) is 7.71. The van der Waals surface area contributed by atoms with Gasteiger partial charge in [-0.25, -0.2) is 8.42 Å². The molecule has 1 heterocycles. The first kappa shape index (κ1) is 27.4. The van der Waals surface area contributed by atoms with Crippen LogP contribution in [0.5, 0.6) is 0 Å². The highest BCUT2D eigenvalue weighted by Gasteiger charge is 2.54. The summed E-state index contributed by atoms with van der Waals surface area (Å²) in [6, 6.07) is 0.0891. The van der Waals surface area contributed by atoms with E-state index in [1.165, 1.54) is 6.26 Å². The van der Waals surface area contributed by atoms with Crippen molar-refractivity contribution in [2.24, 2.45) is 5.41 Å². The normalized spacial score (nSPS) is 23.2. The van der Waals surface area contributed by atoms with Crippen molar-refractivity contribution in [2.45, 2.75) is 78.0 Å². The average molecular weight is 461 g/mol. The Labute approximate surface area is 189 Å². The van der Waals surface area contributed by atoms with Gasteiger partial charge >= 0.3 is 0 Å². The fourth-order valence-corrected chi connectivity index (χ4v) is 5.63. The second kappa shape index (κ2) is 13.0. The van der Waals surface area contributed by atoms with Crippen LogP contribution in [0.25, 0.3) is 0 Å². The van der Waals surface area contributed by atoms with Crippen LogP contribution in [0.15, 0.2) is 35.9 Å². The standard InChI is InChI=1S/C16H32N2O3S.C7H9Cl/c1-4-11-17(5-2)15(19)13-16(9-10-16)14-8-6-7-12-18(14)22(3,20)21;1-3-5-6-7(8)4-2/h14-15,19H,4-13H2,1-3H3;3-6H,1H2,2H3/b;6-5-,7-4+/t14-,15?;/m1./s1. The zero-order valence-electron chi connectivity index (χ0n) is 19.2. The summed E-state index contributed by atoms with van der Waals surface area (Å²) in [5.74, 6) is 0. The Morgan fingerprint density at radius 2 is 2.03 bits per heavy atom. The highest BCUT2D eigenvalue weighted by molar-refractivity contribution is 7.88. The quantitative estimate of drug-likeness (QED) is 0.372. The summed E-state index contributed by atoms with van der Waals surface area (Å²) in [7, 11) is -3.15. The molecular weight excluding hydrogens is 420 g/mol. The van der Waals surface area contributed by atoms with Crippen LogP contribution < -0.4 is 0 Å². The Kier molecular flexibility index (Phi) is 11.9. The number of nitrogens with zero attached hydrogens (tertiary/aromatic N) is 2. The Morgan fingerprint density at radius 1 is 1.37 bits per heavy atom. The van der Waals surface area contributed by atoms with Gasteiger partial charge in [0.05, 0.1) is 6.26 Å². The molecule has 0 radical (unpaired) electrons. The topological polar surface area (TPSA) is 60.9 Å². The van der Waals surface area contributed by atoms with E-state index in [1.54, 1.807) is 22.5 Å². The van der Waals surface area contributed by atoms with Gasteiger partial charge in [0.2, 0.25) is 10.0 Å². The van der Waals surface area contributed by atoms with Gasteiger partial charge in [-0.2, -0.15) is 4.31 Å². The third-order valence-electron chi connectivity index (χ3n) is 6.07. The lowest BCUT2D eigenvalue weighted by Crippen LogP contribution is -2.50. The van der Waals surface area contributed by atoms with Crippen LogP contribution in [0.4, 0.5) is 0 Å². The lowest BCUT2D eigenvalue weighted by molar-refractivity contribution is -0.0251. The number of rotatable bonds is 10. The molecule has 1 N–H and O–H groups in total. The van der Waals surface area contributed by atoms with Crippen LogP contribution >= 0.6 is 11.6 Å². The molecule has 0 aromatic heterocycles. The van der Waals surface area contributed by atoms with Crippen molar-refractivity contribution in [3.8, 4) is 0 Å². The molecule has 2 fully saturated rings. The van der Waals surface area contributed by atoms with Crippen LogP contribution in [0.2, 0.25) is 0 Å². The molecule has 1 saturated carbocycles. The molecular formula is C23H41ClN2O3S. The van der Waals surface area contributed by atoms with Gasteiger partial charge < -0.3 is 5.11 Å². The number of halogens is 1. The van der Waals surface area contributed by atoms with E-state index >= 15 is 0 Å². The van der Waals surface area contributed by atoms with Crippen molar-refractivity contribution in [2.75, 3.05) is 25.9 Å². The first-order valence-corrected chi connectivity index (χ1v) is 13.4. The molecule has 5 nitrogen and oxygen atoms in total. The summed E-state index contributed by atoms with van der Waals surface area (Å²) in [5.41, 5.74) is 0.00405. The first-order valence-electron chi connectivity index (χ1n) is 11.1. The summed E-state index contributed by atoms with van der Waals surface area (Å²) in [5, 5.41) is 11.3. The van der Waals surface area contributed by atoms with Crippen LogP contribution in [0.3, 0.4) is 0 Å². The number of aliphatic hydroxyl groups excluding tert-OH is 1. The highest BCUT2D eigenvalue weighted by atomic mass is 35.5. The fraction of sp³-hybridized carbons (Fsp3) is 0.739. The van der Waals surface area contributed by atoms with E-state index in [0.717, 1.165) is 56.6 Å². The smallest absolute Gasteiger partial charge is 0.211 e. The maximum atomic E-state index is 12.1. The largest absolute Gasteiger partial charge is 0.378 e. The zero-order chi connectivity index (χ0) is 22.8. The lowest BCUT2D eigenvalue weighted by Gasteiger charge is -2.41. The molecule has 2 rings (SSSR count). The summed E-state index contributed by atoms with van der Waals surface area (Å²) in [6.45, 7) is 12.0. The molecule has 0 spiro atoms. The molecule has 0 aromatic carbocycles. The molecule has 1 aliphatic heterocycles.